The summed E-state index contributed by atoms with van der Waals surface area (Å²) in [6.07, 6.45) is 2.99. The van der Waals surface area contributed by atoms with Crippen molar-refractivity contribution in [1.29, 1.82) is 0 Å². The number of carboxylic acid groups (broad SMARTS) is 1. The van der Waals surface area contributed by atoms with Crippen LogP contribution in [0.2, 0.25) is 0 Å². The molecule has 0 aliphatic carbocycles. The van der Waals surface area contributed by atoms with Crippen molar-refractivity contribution in [2.45, 2.75) is 38.3 Å². The fourth-order valence-electron chi connectivity index (χ4n) is 3.34. The van der Waals surface area contributed by atoms with Crippen molar-refractivity contribution < 1.29 is 14.4 Å². The number of likely N-dealkylation sites (N-methyl/N-ethyl adjacent to an activating group) is 1. The predicted molar refractivity (Wildman–Crippen MR) is 95.5 cm³/mol. The minimum atomic E-state index is -0.774. The van der Waals surface area contributed by atoms with Gasteiger partial charge in [0.05, 0.1) is 17.5 Å². The molecule has 0 radical (unpaired) electrons. The van der Waals surface area contributed by atoms with E-state index >= 15 is 0 Å². The van der Waals surface area contributed by atoms with E-state index in [0.29, 0.717) is 17.8 Å². The molecule has 0 aromatic carbocycles. The van der Waals surface area contributed by atoms with Crippen molar-refractivity contribution in [3.05, 3.63) is 23.4 Å². The zero-order valence-corrected chi connectivity index (χ0v) is 15.4. The van der Waals surface area contributed by atoms with Gasteiger partial charge in [-0.1, -0.05) is 11.2 Å². The van der Waals surface area contributed by atoms with Crippen LogP contribution in [-0.2, 0) is 4.79 Å². The molecular formula is C17H24N4O3S. The van der Waals surface area contributed by atoms with E-state index in [2.05, 4.69) is 22.0 Å². The molecule has 8 heteroatoms. The van der Waals surface area contributed by atoms with Gasteiger partial charge < -0.3 is 9.63 Å². The minimum Gasteiger partial charge on any atom is -0.480 e. The van der Waals surface area contributed by atoms with Gasteiger partial charge in [-0.2, -0.15) is 4.98 Å². The number of likely N-dealkylation sites (tertiary alicyclic amines) is 1. The largest absolute Gasteiger partial charge is 0.480 e. The molecular weight excluding hydrogens is 340 g/mol. The van der Waals surface area contributed by atoms with Crippen LogP contribution >= 0.6 is 11.3 Å². The number of nitrogens with zero attached hydrogens (tertiary/aromatic N) is 4. The number of aromatic nitrogens is 2. The first-order valence-corrected chi connectivity index (χ1v) is 9.46. The number of hydrogen-bond acceptors (Lipinski definition) is 7. The highest BCUT2D eigenvalue weighted by Crippen LogP contribution is 2.27. The van der Waals surface area contributed by atoms with E-state index < -0.39 is 5.97 Å². The molecule has 3 heterocycles. The quantitative estimate of drug-likeness (QED) is 0.844. The van der Waals surface area contributed by atoms with Gasteiger partial charge in [-0.05, 0) is 51.2 Å². The molecule has 25 heavy (non-hydrogen) atoms. The molecule has 2 atom stereocenters. The standard InChI is InChI=1S/C17H24N4O3S/c1-12(17-18-16(19-24-17)14-6-4-10-25-14)21-8-3-5-13(7-9-21)20(2)11-15(22)23/h4,6,10,12-13H,3,5,7-9,11H2,1-2H3,(H,22,23). The number of carboxylic acids is 1. The minimum absolute atomic E-state index is 0.0599. The van der Waals surface area contributed by atoms with E-state index in [9.17, 15) is 4.79 Å². The highest BCUT2D eigenvalue weighted by molar-refractivity contribution is 7.13. The SMILES string of the molecule is CC(c1nc(-c2cccs2)no1)N1CCCC(N(C)CC(=O)O)CC1. The third-order valence-electron chi connectivity index (χ3n) is 4.83. The zero-order valence-electron chi connectivity index (χ0n) is 14.6. The summed E-state index contributed by atoms with van der Waals surface area (Å²) >= 11 is 1.60. The van der Waals surface area contributed by atoms with Crippen LogP contribution in [0.1, 0.15) is 38.1 Å². The van der Waals surface area contributed by atoms with Gasteiger partial charge in [0.15, 0.2) is 0 Å². The first kappa shape index (κ1) is 18.0. The van der Waals surface area contributed by atoms with Crippen molar-refractivity contribution in [3.63, 3.8) is 0 Å². The maximum Gasteiger partial charge on any atom is 0.317 e. The van der Waals surface area contributed by atoms with Crippen molar-refractivity contribution in [1.82, 2.24) is 19.9 Å². The highest BCUT2D eigenvalue weighted by atomic mass is 32.1. The molecule has 0 amide bonds. The lowest BCUT2D eigenvalue weighted by Gasteiger charge is -2.27. The van der Waals surface area contributed by atoms with Crippen LogP contribution in [0.15, 0.2) is 22.0 Å². The molecule has 2 unspecified atom stereocenters. The molecule has 2 aromatic rings. The Bertz CT molecular complexity index is 688. The Morgan fingerprint density at radius 2 is 2.36 bits per heavy atom. The average Bonchev–Trinajstić information content (AvgIpc) is 3.20. The summed E-state index contributed by atoms with van der Waals surface area (Å²) in [6, 6.07) is 4.32. The molecule has 1 fully saturated rings. The Balaban J connectivity index is 1.61. The highest BCUT2D eigenvalue weighted by Gasteiger charge is 2.27. The fourth-order valence-corrected chi connectivity index (χ4v) is 3.99. The van der Waals surface area contributed by atoms with Crippen LogP contribution in [0.3, 0.4) is 0 Å². The molecule has 2 aromatic heterocycles. The normalized spacial score (nSPS) is 20.5. The van der Waals surface area contributed by atoms with Crippen molar-refractivity contribution in [2.24, 2.45) is 0 Å². The molecule has 0 saturated carbocycles. The lowest BCUT2D eigenvalue weighted by molar-refractivity contribution is -0.138. The number of hydrogen-bond donors (Lipinski definition) is 1. The lowest BCUT2D eigenvalue weighted by Crippen LogP contribution is -2.36. The van der Waals surface area contributed by atoms with Crippen molar-refractivity contribution in [2.75, 3.05) is 26.7 Å². The summed E-state index contributed by atoms with van der Waals surface area (Å²) in [7, 11) is 1.89. The lowest BCUT2D eigenvalue weighted by atomic mass is 10.1. The van der Waals surface area contributed by atoms with E-state index in [-0.39, 0.29) is 12.6 Å². The van der Waals surface area contributed by atoms with Crippen LogP contribution in [0.25, 0.3) is 10.7 Å². The van der Waals surface area contributed by atoms with E-state index in [1.54, 1.807) is 11.3 Å². The zero-order chi connectivity index (χ0) is 17.8. The summed E-state index contributed by atoms with van der Waals surface area (Å²) in [5.74, 6) is 0.510. The van der Waals surface area contributed by atoms with Crippen molar-refractivity contribution in [3.8, 4) is 10.7 Å². The van der Waals surface area contributed by atoms with Crippen LogP contribution in [-0.4, -0.2) is 63.7 Å². The maximum absolute atomic E-state index is 10.9. The molecule has 3 rings (SSSR count). The van der Waals surface area contributed by atoms with E-state index in [0.717, 1.165) is 37.2 Å². The van der Waals surface area contributed by atoms with Gasteiger partial charge >= 0.3 is 5.97 Å². The van der Waals surface area contributed by atoms with Crippen LogP contribution in [0.4, 0.5) is 0 Å². The average molecular weight is 364 g/mol. The van der Waals surface area contributed by atoms with Crippen LogP contribution < -0.4 is 0 Å². The first-order valence-electron chi connectivity index (χ1n) is 8.58. The smallest absolute Gasteiger partial charge is 0.317 e. The Kier molecular flexibility index (Phi) is 5.82. The molecule has 136 valence electrons. The Morgan fingerprint density at radius 1 is 1.52 bits per heavy atom. The second-order valence-electron chi connectivity index (χ2n) is 6.54. The monoisotopic (exact) mass is 364 g/mol. The molecule has 1 aliphatic rings. The molecule has 1 aliphatic heterocycles. The fraction of sp³-hybridized carbons (Fsp3) is 0.588. The van der Waals surface area contributed by atoms with Gasteiger partial charge in [0, 0.05) is 12.6 Å². The summed E-state index contributed by atoms with van der Waals surface area (Å²) < 4.78 is 5.49. The Hall–Kier alpha value is -1.77. The predicted octanol–water partition coefficient (Wildman–Crippen LogP) is 2.73. The van der Waals surface area contributed by atoms with Crippen LogP contribution in [0.5, 0.6) is 0 Å². The Morgan fingerprint density at radius 3 is 3.08 bits per heavy atom. The summed E-state index contributed by atoms with van der Waals surface area (Å²) in [5, 5.41) is 15.1. The van der Waals surface area contributed by atoms with E-state index in [1.165, 1.54) is 0 Å². The number of rotatable bonds is 6. The molecule has 1 saturated heterocycles. The van der Waals surface area contributed by atoms with Gasteiger partial charge in [0.25, 0.3) is 0 Å². The van der Waals surface area contributed by atoms with E-state index in [4.69, 9.17) is 9.63 Å². The summed E-state index contributed by atoms with van der Waals surface area (Å²) in [5.41, 5.74) is 0. The van der Waals surface area contributed by atoms with Crippen LogP contribution in [0, 0.1) is 0 Å². The number of aliphatic carboxylic acids is 1. The van der Waals surface area contributed by atoms with Gasteiger partial charge in [0.1, 0.15) is 0 Å². The summed E-state index contributed by atoms with van der Waals surface area (Å²) in [4.78, 5) is 20.8. The topological polar surface area (TPSA) is 82.7 Å². The third kappa shape index (κ3) is 4.45. The van der Waals surface area contributed by atoms with Gasteiger partial charge in [-0.25, -0.2) is 0 Å². The van der Waals surface area contributed by atoms with Gasteiger partial charge in [0.2, 0.25) is 11.7 Å². The molecule has 7 nitrogen and oxygen atoms in total. The molecule has 1 N–H and O–H groups in total. The second-order valence-corrected chi connectivity index (χ2v) is 7.49. The third-order valence-corrected chi connectivity index (χ3v) is 5.69. The second kappa shape index (κ2) is 8.07. The number of thiophene rings is 1. The summed E-state index contributed by atoms with van der Waals surface area (Å²) in [6.45, 7) is 4.03. The van der Waals surface area contributed by atoms with Gasteiger partial charge in [-0.15, -0.1) is 11.3 Å². The van der Waals surface area contributed by atoms with E-state index in [1.807, 2.05) is 29.5 Å². The molecule has 0 spiro atoms. The van der Waals surface area contributed by atoms with Gasteiger partial charge in [-0.3, -0.25) is 14.6 Å². The first-order chi connectivity index (χ1) is 12.0. The maximum atomic E-state index is 10.9. The molecule has 0 bridgehead atoms. The Labute approximate surface area is 151 Å². The number of carbonyl (C=O) groups is 1. The van der Waals surface area contributed by atoms with Crippen molar-refractivity contribution >= 4 is 17.3 Å².